The van der Waals surface area contributed by atoms with Crippen LogP contribution in [0.5, 0.6) is 0 Å². The minimum absolute atomic E-state index is 0.0313. The number of hydrogen-bond acceptors (Lipinski definition) is 5. The van der Waals surface area contributed by atoms with E-state index in [1.165, 1.54) is 6.33 Å². The zero-order valence-corrected chi connectivity index (χ0v) is 12.1. The number of benzene rings is 1. The number of anilines is 1. The summed E-state index contributed by atoms with van der Waals surface area (Å²) in [5, 5.41) is 7.95. The van der Waals surface area contributed by atoms with Crippen molar-refractivity contribution in [2.24, 2.45) is 0 Å². The molecule has 0 spiro atoms. The third-order valence-corrected chi connectivity index (χ3v) is 4.14. The normalized spacial score (nSPS) is 18.6. The van der Waals surface area contributed by atoms with Crippen LogP contribution in [-0.4, -0.2) is 34.1 Å². The van der Waals surface area contributed by atoms with Crippen molar-refractivity contribution in [1.82, 2.24) is 20.3 Å². The lowest BCUT2D eigenvalue weighted by atomic mass is 10.1. The number of H-pyrrole nitrogens is 1. The molecular weight excluding hydrogens is 278 g/mol. The van der Waals surface area contributed by atoms with Crippen LogP contribution in [0.1, 0.15) is 12.8 Å². The average molecular weight is 295 g/mol. The molecule has 4 rings (SSSR count). The van der Waals surface area contributed by atoms with Crippen LogP contribution in [-0.2, 0) is 0 Å². The summed E-state index contributed by atoms with van der Waals surface area (Å²) >= 11 is 0. The summed E-state index contributed by atoms with van der Waals surface area (Å²) in [5.41, 5.74) is 1.34. The third-order valence-electron chi connectivity index (χ3n) is 4.14. The summed E-state index contributed by atoms with van der Waals surface area (Å²) in [6.45, 7) is 1.94. The lowest BCUT2D eigenvalue weighted by Crippen LogP contribution is -2.38. The summed E-state index contributed by atoms with van der Waals surface area (Å²) in [6.07, 6.45) is 3.69. The van der Waals surface area contributed by atoms with Crippen molar-refractivity contribution in [3.8, 4) is 0 Å². The molecule has 1 fully saturated rings. The van der Waals surface area contributed by atoms with Gasteiger partial charge in [-0.15, -0.1) is 0 Å². The van der Waals surface area contributed by atoms with Gasteiger partial charge in [0, 0.05) is 18.0 Å². The van der Waals surface area contributed by atoms with Crippen LogP contribution in [0.2, 0.25) is 0 Å². The van der Waals surface area contributed by atoms with Crippen molar-refractivity contribution in [1.29, 1.82) is 0 Å². The van der Waals surface area contributed by atoms with Crippen molar-refractivity contribution in [2.45, 2.75) is 18.9 Å². The highest BCUT2D eigenvalue weighted by atomic mass is 16.1. The smallest absolute Gasteiger partial charge is 0.202 e. The molecule has 3 aromatic rings. The Hall–Kier alpha value is -2.47. The highest BCUT2D eigenvalue weighted by Gasteiger charge is 2.17. The predicted octanol–water partition coefficient (Wildman–Crippen LogP) is 1.64. The number of aromatic nitrogens is 3. The molecule has 1 saturated heterocycles. The van der Waals surface area contributed by atoms with Gasteiger partial charge in [-0.05, 0) is 31.5 Å². The highest BCUT2D eigenvalue weighted by molar-refractivity contribution is 5.95. The van der Waals surface area contributed by atoms with Crippen LogP contribution in [0.25, 0.3) is 21.9 Å². The van der Waals surface area contributed by atoms with Gasteiger partial charge in [-0.3, -0.25) is 4.79 Å². The van der Waals surface area contributed by atoms with E-state index >= 15 is 0 Å². The first-order chi connectivity index (χ1) is 10.8. The largest absolute Gasteiger partial charge is 0.365 e. The van der Waals surface area contributed by atoms with Gasteiger partial charge in [-0.1, -0.05) is 12.1 Å². The minimum atomic E-state index is -0.0313. The zero-order chi connectivity index (χ0) is 14.9. The zero-order valence-electron chi connectivity index (χ0n) is 12.1. The molecule has 0 aliphatic carbocycles. The molecule has 3 N–H and O–H groups in total. The summed E-state index contributed by atoms with van der Waals surface area (Å²) in [5.74, 6) is 0.616. The second-order valence-corrected chi connectivity index (χ2v) is 5.63. The number of nitrogens with one attached hydrogen (secondary N) is 3. The molecule has 1 atom stereocenters. The first-order valence-corrected chi connectivity index (χ1v) is 7.56. The molecule has 1 aliphatic rings. The Balaban J connectivity index is 1.87. The maximum Gasteiger partial charge on any atom is 0.202 e. The highest BCUT2D eigenvalue weighted by Crippen LogP contribution is 2.19. The van der Waals surface area contributed by atoms with E-state index in [0.29, 0.717) is 22.2 Å². The van der Waals surface area contributed by atoms with E-state index in [1.54, 1.807) is 0 Å². The van der Waals surface area contributed by atoms with Gasteiger partial charge in [0.25, 0.3) is 0 Å². The standard InChI is InChI=1S/C16H17N5O/c22-14-11-5-1-2-6-12(11)21-16-13(14)15(18-9-19-16)20-10-4-3-7-17-8-10/h1-2,5-6,9-10,17H,3-4,7-8H2,(H2,18,19,20,21,22)/t10-/m1/s1. The Kier molecular flexibility index (Phi) is 3.23. The van der Waals surface area contributed by atoms with Crippen LogP contribution in [0.3, 0.4) is 0 Å². The number of rotatable bonds is 2. The molecular formula is C16H17N5O. The topological polar surface area (TPSA) is 82.7 Å². The molecule has 0 bridgehead atoms. The van der Waals surface area contributed by atoms with E-state index in [4.69, 9.17) is 0 Å². The summed E-state index contributed by atoms with van der Waals surface area (Å²) in [4.78, 5) is 24.5. The van der Waals surface area contributed by atoms with Crippen molar-refractivity contribution in [2.75, 3.05) is 18.4 Å². The summed E-state index contributed by atoms with van der Waals surface area (Å²) in [7, 11) is 0. The van der Waals surface area contributed by atoms with Crippen molar-refractivity contribution >= 4 is 27.8 Å². The molecule has 6 heteroatoms. The number of fused-ring (bicyclic) bond motifs is 2. The first-order valence-electron chi connectivity index (χ1n) is 7.56. The fourth-order valence-electron chi connectivity index (χ4n) is 3.03. The number of para-hydroxylation sites is 1. The fraction of sp³-hybridized carbons (Fsp3) is 0.312. The molecule has 0 amide bonds. The van der Waals surface area contributed by atoms with Gasteiger partial charge in [-0.2, -0.15) is 0 Å². The number of piperidine rings is 1. The number of hydrogen-bond donors (Lipinski definition) is 3. The van der Waals surface area contributed by atoms with Crippen molar-refractivity contribution < 1.29 is 0 Å². The molecule has 0 saturated carbocycles. The lowest BCUT2D eigenvalue weighted by Gasteiger charge is -2.24. The van der Waals surface area contributed by atoms with Crippen LogP contribution in [0.15, 0.2) is 35.4 Å². The monoisotopic (exact) mass is 295 g/mol. The third kappa shape index (κ3) is 2.21. The number of nitrogens with zero attached hydrogens (tertiary/aromatic N) is 2. The summed E-state index contributed by atoms with van der Waals surface area (Å²) < 4.78 is 0. The van der Waals surface area contributed by atoms with Crippen LogP contribution in [0, 0.1) is 0 Å². The molecule has 112 valence electrons. The van der Waals surface area contributed by atoms with Crippen LogP contribution >= 0.6 is 0 Å². The Morgan fingerprint density at radius 1 is 1.23 bits per heavy atom. The first kappa shape index (κ1) is 13.2. The molecule has 22 heavy (non-hydrogen) atoms. The molecule has 2 aromatic heterocycles. The molecule has 3 heterocycles. The van der Waals surface area contributed by atoms with Gasteiger partial charge in [0.15, 0.2) is 0 Å². The van der Waals surface area contributed by atoms with Gasteiger partial charge >= 0.3 is 0 Å². The minimum Gasteiger partial charge on any atom is -0.365 e. The van der Waals surface area contributed by atoms with Crippen LogP contribution < -0.4 is 16.1 Å². The van der Waals surface area contributed by atoms with E-state index in [0.717, 1.165) is 31.4 Å². The van der Waals surface area contributed by atoms with Gasteiger partial charge in [0.1, 0.15) is 23.2 Å². The Morgan fingerprint density at radius 2 is 2.14 bits per heavy atom. The number of pyridine rings is 1. The molecule has 1 aliphatic heterocycles. The van der Waals surface area contributed by atoms with Gasteiger partial charge < -0.3 is 15.6 Å². The SMILES string of the molecule is O=c1c2ccccc2[nH]c2ncnc(N[C@@H]3CCCNC3)c12. The maximum absolute atomic E-state index is 12.8. The fourth-order valence-corrected chi connectivity index (χ4v) is 3.03. The van der Waals surface area contributed by atoms with Gasteiger partial charge in [0.2, 0.25) is 5.43 Å². The van der Waals surface area contributed by atoms with E-state index in [1.807, 2.05) is 24.3 Å². The number of aromatic amines is 1. The van der Waals surface area contributed by atoms with E-state index in [2.05, 4.69) is 25.6 Å². The average Bonchev–Trinajstić information content (AvgIpc) is 2.56. The molecule has 0 unspecified atom stereocenters. The van der Waals surface area contributed by atoms with Crippen molar-refractivity contribution in [3.05, 3.63) is 40.8 Å². The Labute approximate surface area is 127 Å². The van der Waals surface area contributed by atoms with E-state index < -0.39 is 0 Å². The molecule has 0 radical (unpaired) electrons. The second-order valence-electron chi connectivity index (χ2n) is 5.63. The Morgan fingerprint density at radius 3 is 3.00 bits per heavy atom. The molecule has 6 nitrogen and oxygen atoms in total. The predicted molar refractivity (Wildman–Crippen MR) is 87.2 cm³/mol. The molecule has 1 aromatic carbocycles. The van der Waals surface area contributed by atoms with E-state index in [-0.39, 0.29) is 11.5 Å². The second kappa shape index (κ2) is 5.38. The summed E-state index contributed by atoms with van der Waals surface area (Å²) in [6, 6.07) is 7.77. The Bertz CT molecular complexity index is 882. The van der Waals surface area contributed by atoms with Gasteiger partial charge in [0.05, 0.1) is 5.52 Å². The van der Waals surface area contributed by atoms with Gasteiger partial charge in [-0.25, -0.2) is 9.97 Å². The van der Waals surface area contributed by atoms with Crippen LogP contribution in [0.4, 0.5) is 5.82 Å². The maximum atomic E-state index is 12.8. The quantitative estimate of drug-likeness (QED) is 0.626. The van der Waals surface area contributed by atoms with Crippen molar-refractivity contribution in [3.63, 3.8) is 0 Å². The lowest BCUT2D eigenvalue weighted by molar-refractivity contribution is 0.479. The van der Waals surface area contributed by atoms with E-state index in [9.17, 15) is 4.79 Å².